The van der Waals surface area contributed by atoms with Crippen molar-refractivity contribution >= 4 is 29.2 Å². The summed E-state index contributed by atoms with van der Waals surface area (Å²) in [5, 5.41) is 12.2. The molecule has 0 amide bonds. The Labute approximate surface area is 216 Å². The highest BCUT2D eigenvalue weighted by Gasteiger charge is 2.28. The molecule has 8 nitrogen and oxygen atoms in total. The van der Waals surface area contributed by atoms with Crippen molar-refractivity contribution < 1.29 is 19.0 Å². The molecule has 0 saturated heterocycles. The molecule has 0 aliphatic carbocycles. The van der Waals surface area contributed by atoms with Crippen LogP contribution < -0.4 is 21.2 Å². The maximum Gasteiger partial charge on any atom is 0.341 e. The van der Waals surface area contributed by atoms with Gasteiger partial charge in [0.25, 0.3) is 0 Å². The number of carbonyl (C=O) groups is 1. The van der Waals surface area contributed by atoms with Crippen LogP contribution in [0.25, 0.3) is 11.1 Å². The van der Waals surface area contributed by atoms with Crippen LogP contribution >= 0.6 is 11.8 Å². The topological polar surface area (TPSA) is 130 Å². The summed E-state index contributed by atoms with van der Waals surface area (Å²) in [4.78, 5) is 30.6. The Morgan fingerprint density at radius 2 is 1.81 bits per heavy atom. The van der Waals surface area contributed by atoms with Gasteiger partial charge in [0.1, 0.15) is 28.7 Å². The standard InChI is InChI=1S/C15H17N3OS.C12H8FNO3/c1-15(2)9-20-13-12(7-8-17-14(13)18-15)19-11-5-3-10(16)4-6-11;13-8-3-1-7(2-4-8)9-5-14-6-10(11(9)15)12(16)17/h3-8H,9,16H2,1-2H3,(H,17,18);1-6H,(H,14,15)(H,16,17). The van der Waals surface area contributed by atoms with E-state index in [9.17, 15) is 14.0 Å². The van der Waals surface area contributed by atoms with Crippen LogP contribution in [0.4, 0.5) is 15.9 Å². The molecule has 0 saturated carbocycles. The van der Waals surface area contributed by atoms with Crippen molar-refractivity contribution in [1.29, 1.82) is 0 Å². The van der Waals surface area contributed by atoms with Crippen LogP contribution in [0.3, 0.4) is 0 Å². The average Bonchev–Trinajstić information content (AvgIpc) is 2.86. The van der Waals surface area contributed by atoms with Gasteiger partial charge in [0.05, 0.1) is 4.90 Å². The number of anilines is 2. The molecular weight excluding hydrogens is 495 g/mol. The molecule has 0 bridgehead atoms. The molecule has 2 aromatic heterocycles. The first-order valence-corrected chi connectivity index (χ1v) is 12.3. The normalized spacial score (nSPS) is 13.4. The van der Waals surface area contributed by atoms with Crippen LogP contribution in [0, 0.1) is 5.82 Å². The lowest BCUT2D eigenvalue weighted by Crippen LogP contribution is -2.36. The second-order valence-corrected chi connectivity index (χ2v) is 9.86. The van der Waals surface area contributed by atoms with Crippen LogP contribution in [0.1, 0.15) is 24.2 Å². The first-order valence-electron chi connectivity index (χ1n) is 11.3. The molecule has 0 atom stereocenters. The van der Waals surface area contributed by atoms with Crippen molar-refractivity contribution in [3.05, 3.63) is 94.8 Å². The fourth-order valence-corrected chi connectivity index (χ4v) is 4.57. The first kappa shape index (κ1) is 25.8. The molecular formula is C27H25FN4O4S. The van der Waals surface area contributed by atoms with Gasteiger partial charge in [0.15, 0.2) is 0 Å². The predicted octanol–water partition coefficient (Wildman–Crippen LogP) is 5.63. The summed E-state index contributed by atoms with van der Waals surface area (Å²) >= 11 is 1.77. The lowest BCUT2D eigenvalue weighted by Gasteiger charge is -2.32. The van der Waals surface area contributed by atoms with Crippen LogP contribution in [0.5, 0.6) is 11.5 Å². The molecule has 2 aromatic carbocycles. The lowest BCUT2D eigenvalue weighted by molar-refractivity contribution is 0.0695. The Balaban J connectivity index is 0.000000176. The third kappa shape index (κ3) is 6.28. The number of nitrogen functional groups attached to an aromatic ring is 1. The molecule has 1 aliphatic heterocycles. The fraction of sp³-hybridized carbons (Fsp3) is 0.148. The van der Waals surface area contributed by atoms with Gasteiger partial charge in [-0.05, 0) is 55.8 Å². The van der Waals surface area contributed by atoms with E-state index in [0.29, 0.717) is 5.56 Å². The number of thioether (sulfide) groups is 1. The second kappa shape index (κ2) is 10.8. The van der Waals surface area contributed by atoms with E-state index in [0.717, 1.165) is 39.8 Å². The number of rotatable bonds is 4. The van der Waals surface area contributed by atoms with Crippen molar-refractivity contribution in [2.24, 2.45) is 0 Å². The number of fused-ring (bicyclic) bond motifs is 1. The third-order valence-electron chi connectivity index (χ3n) is 5.34. The van der Waals surface area contributed by atoms with E-state index in [2.05, 4.69) is 29.1 Å². The molecule has 37 heavy (non-hydrogen) atoms. The van der Waals surface area contributed by atoms with Crippen molar-refractivity contribution in [3.8, 4) is 22.6 Å². The zero-order valence-electron chi connectivity index (χ0n) is 20.1. The van der Waals surface area contributed by atoms with Gasteiger partial charge in [-0.15, -0.1) is 11.8 Å². The summed E-state index contributed by atoms with van der Waals surface area (Å²) < 4.78 is 18.7. The van der Waals surface area contributed by atoms with Crippen LogP contribution in [0.2, 0.25) is 0 Å². The van der Waals surface area contributed by atoms with E-state index in [-0.39, 0.29) is 16.7 Å². The van der Waals surface area contributed by atoms with Gasteiger partial charge >= 0.3 is 5.97 Å². The number of aromatic nitrogens is 2. The molecule has 3 heterocycles. The number of hydrogen-bond donors (Lipinski definition) is 4. The average molecular weight is 521 g/mol. The number of carboxylic acids is 1. The van der Waals surface area contributed by atoms with Gasteiger partial charge in [-0.3, -0.25) is 4.79 Å². The molecule has 0 radical (unpaired) electrons. The van der Waals surface area contributed by atoms with Crippen LogP contribution in [-0.4, -0.2) is 32.3 Å². The molecule has 5 N–H and O–H groups in total. The molecule has 0 unspecified atom stereocenters. The van der Waals surface area contributed by atoms with E-state index >= 15 is 0 Å². The van der Waals surface area contributed by atoms with E-state index < -0.39 is 17.2 Å². The van der Waals surface area contributed by atoms with Crippen molar-refractivity contribution in [2.75, 3.05) is 16.8 Å². The monoisotopic (exact) mass is 520 g/mol. The Bertz CT molecular complexity index is 1470. The van der Waals surface area contributed by atoms with E-state index in [1.165, 1.54) is 30.5 Å². The number of aromatic carboxylic acids is 1. The summed E-state index contributed by atoms with van der Waals surface area (Å²) in [6.07, 6.45) is 4.28. The summed E-state index contributed by atoms with van der Waals surface area (Å²) in [7, 11) is 0. The van der Waals surface area contributed by atoms with Crippen molar-refractivity contribution in [2.45, 2.75) is 24.3 Å². The predicted molar refractivity (Wildman–Crippen MR) is 143 cm³/mol. The van der Waals surface area contributed by atoms with E-state index in [1.807, 2.05) is 30.3 Å². The number of nitrogens with one attached hydrogen (secondary N) is 2. The molecule has 4 aromatic rings. The number of hydrogen-bond acceptors (Lipinski definition) is 7. The Kier molecular flexibility index (Phi) is 7.49. The number of nitrogens with two attached hydrogens (primary N) is 1. The SMILES string of the molecule is CC1(C)CSc2c(Oc3ccc(N)cc3)ccnc2N1.O=C(O)c1c[nH]cc(-c2ccc(F)cc2)c1=O. The van der Waals surface area contributed by atoms with Gasteiger partial charge in [-0.2, -0.15) is 0 Å². The number of carboxylic acid groups (broad SMARTS) is 1. The number of ether oxygens (including phenoxy) is 1. The smallest absolute Gasteiger partial charge is 0.341 e. The number of nitrogens with zero attached hydrogens (tertiary/aromatic N) is 1. The van der Waals surface area contributed by atoms with Crippen molar-refractivity contribution in [3.63, 3.8) is 0 Å². The number of aromatic amines is 1. The largest absolute Gasteiger partial charge is 0.477 e. The summed E-state index contributed by atoms with van der Waals surface area (Å²) in [6, 6.07) is 14.6. The van der Waals surface area contributed by atoms with Gasteiger partial charge < -0.3 is 25.9 Å². The number of H-pyrrole nitrogens is 1. The van der Waals surface area contributed by atoms with E-state index in [1.54, 1.807) is 18.0 Å². The van der Waals surface area contributed by atoms with Gasteiger partial charge in [0.2, 0.25) is 5.43 Å². The van der Waals surface area contributed by atoms with Crippen LogP contribution in [-0.2, 0) is 0 Å². The minimum Gasteiger partial charge on any atom is -0.477 e. The van der Waals surface area contributed by atoms with E-state index in [4.69, 9.17) is 15.6 Å². The minimum atomic E-state index is -1.30. The zero-order valence-corrected chi connectivity index (χ0v) is 20.9. The minimum absolute atomic E-state index is 0.0461. The Morgan fingerprint density at radius 1 is 1.11 bits per heavy atom. The highest BCUT2D eigenvalue weighted by atomic mass is 32.2. The highest BCUT2D eigenvalue weighted by Crippen LogP contribution is 2.42. The fourth-order valence-electron chi connectivity index (χ4n) is 3.50. The lowest BCUT2D eigenvalue weighted by atomic mass is 10.1. The first-order chi connectivity index (χ1) is 17.6. The number of halogens is 1. The molecule has 5 rings (SSSR count). The second-order valence-electron chi connectivity index (χ2n) is 8.88. The van der Waals surface area contributed by atoms with Crippen molar-refractivity contribution in [1.82, 2.24) is 9.97 Å². The summed E-state index contributed by atoms with van der Waals surface area (Å²) in [6.45, 7) is 4.33. The molecule has 190 valence electrons. The maximum atomic E-state index is 12.7. The molecule has 0 fully saturated rings. The number of benzene rings is 2. The Morgan fingerprint density at radius 3 is 2.49 bits per heavy atom. The molecule has 10 heteroatoms. The Hall–Kier alpha value is -4.31. The van der Waals surface area contributed by atoms with Gasteiger partial charge in [-0.25, -0.2) is 14.2 Å². The zero-order chi connectivity index (χ0) is 26.6. The number of pyridine rings is 2. The highest BCUT2D eigenvalue weighted by molar-refractivity contribution is 7.99. The van der Waals surface area contributed by atoms with Gasteiger partial charge in [-0.1, -0.05) is 12.1 Å². The summed E-state index contributed by atoms with van der Waals surface area (Å²) in [5.74, 6) is 1.75. The van der Waals surface area contributed by atoms with Crippen LogP contribution in [0.15, 0.2) is 82.9 Å². The molecule has 1 aliphatic rings. The van der Waals surface area contributed by atoms with Gasteiger partial charge in [0, 0.05) is 47.2 Å². The third-order valence-corrected chi connectivity index (χ3v) is 6.89. The quantitative estimate of drug-likeness (QED) is 0.255. The molecule has 0 spiro atoms. The maximum absolute atomic E-state index is 12.7. The summed E-state index contributed by atoms with van der Waals surface area (Å²) in [5.41, 5.74) is 6.19.